The first-order valence-electron chi connectivity index (χ1n) is 2.59. The minimum absolute atomic E-state index is 0.0809. The zero-order valence-corrected chi connectivity index (χ0v) is 5.64. The Kier molecular flexibility index (Phi) is 2.42. The minimum Gasteiger partial charge on any atom is -0.392 e. The summed E-state index contributed by atoms with van der Waals surface area (Å²) in [6.07, 6.45) is 3.45. The molecule has 0 amide bonds. The van der Waals surface area contributed by atoms with Crippen molar-refractivity contribution in [2.24, 2.45) is 0 Å². The highest BCUT2D eigenvalue weighted by Gasteiger charge is 1.83. The van der Waals surface area contributed by atoms with E-state index >= 15 is 0 Å². The Balaban J connectivity index is 2.57. The van der Waals surface area contributed by atoms with E-state index < -0.39 is 0 Å². The Labute approximate surface area is 57.5 Å². The van der Waals surface area contributed by atoms with Crippen LogP contribution in [0.5, 0.6) is 0 Å². The van der Waals surface area contributed by atoms with Crippen LogP contribution in [0.4, 0.5) is 0 Å². The molecule has 2 nitrogen and oxygen atoms in total. The standard InChI is InChI=1S/C6H7NOS/c8-3-1-2-6-4-9-5-7-6/h1-2,4-5,8H,3H2. The maximum atomic E-state index is 8.35. The van der Waals surface area contributed by atoms with Crippen LogP contribution in [0, 0.1) is 0 Å². The summed E-state index contributed by atoms with van der Waals surface area (Å²) in [5.41, 5.74) is 2.67. The maximum absolute atomic E-state index is 8.35. The molecular weight excluding hydrogens is 134 g/mol. The summed E-state index contributed by atoms with van der Waals surface area (Å²) in [5.74, 6) is 0. The summed E-state index contributed by atoms with van der Waals surface area (Å²) < 4.78 is 0. The van der Waals surface area contributed by atoms with Crippen LogP contribution < -0.4 is 0 Å². The Hall–Kier alpha value is -0.670. The lowest BCUT2D eigenvalue weighted by atomic mass is 10.4. The second kappa shape index (κ2) is 3.37. The zero-order valence-electron chi connectivity index (χ0n) is 4.82. The van der Waals surface area contributed by atoms with Crippen LogP contribution in [0.15, 0.2) is 17.0 Å². The largest absolute Gasteiger partial charge is 0.392 e. The molecule has 0 spiro atoms. The molecular formula is C6H7NOS. The third-order valence-corrected chi connectivity index (χ3v) is 1.45. The van der Waals surface area contributed by atoms with Gasteiger partial charge in [-0.3, -0.25) is 0 Å². The van der Waals surface area contributed by atoms with Crippen LogP contribution in [0.2, 0.25) is 0 Å². The molecule has 3 heteroatoms. The van der Waals surface area contributed by atoms with Crippen LogP contribution in [-0.4, -0.2) is 16.7 Å². The monoisotopic (exact) mass is 141 g/mol. The van der Waals surface area contributed by atoms with Crippen molar-refractivity contribution in [3.8, 4) is 0 Å². The van der Waals surface area contributed by atoms with Gasteiger partial charge >= 0.3 is 0 Å². The summed E-state index contributed by atoms with van der Waals surface area (Å²) in [5, 5.41) is 10.3. The van der Waals surface area contributed by atoms with Crippen molar-refractivity contribution in [2.45, 2.75) is 0 Å². The molecule has 48 valence electrons. The van der Waals surface area contributed by atoms with Gasteiger partial charge in [-0.2, -0.15) is 0 Å². The van der Waals surface area contributed by atoms with Crippen molar-refractivity contribution in [1.29, 1.82) is 0 Å². The van der Waals surface area contributed by atoms with E-state index in [1.54, 1.807) is 29.0 Å². The van der Waals surface area contributed by atoms with Gasteiger partial charge in [-0.05, 0) is 6.08 Å². The van der Waals surface area contributed by atoms with Crippen LogP contribution >= 0.6 is 11.3 Å². The predicted molar refractivity (Wildman–Crippen MR) is 38.2 cm³/mol. The quantitative estimate of drug-likeness (QED) is 0.670. The van der Waals surface area contributed by atoms with E-state index in [0.29, 0.717) is 0 Å². The number of nitrogens with zero attached hydrogens (tertiary/aromatic N) is 1. The maximum Gasteiger partial charge on any atom is 0.0798 e. The van der Waals surface area contributed by atoms with Gasteiger partial charge in [0, 0.05) is 5.38 Å². The summed E-state index contributed by atoms with van der Waals surface area (Å²) in [6.45, 7) is 0.0809. The molecule has 0 aliphatic rings. The molecule has 0 atom stereocenters. The Morgan fingerprint density at radius 1 is 1.78 bits per heavy atom. The van der Waals surface area contributed by atoms with E-state index in [4.69, 9.17) is 5.11 Å². The highest BCUT2D eigenvalue weighted by atomic mass is 32.1. The summed E-state index contributed by atoms with van der Waals surface area (Å²) >= 11 is 1.55. The van der Waals surface area contributed by atoms with Crippen LogP contribution in [0.1, 0.15) is 5.69 Å². The van der Waals surface area contributed by atoms with Crippen LogP contribution in [0.3, 0.4) is 0 Å². The van der Waals surface area contributed by atoms with Crippen molar-refractivity contribution < 1.29 is 5.11 Å². The normalized spacial score (nSPS) is 10.8. The molecule has 0 saturated carbocycles. The molecule has 0 fully saturated rings. The number of aromatic nitrogens is 1. The van der Waals surface area contributed by atoms with Crippen LogP contribution in [0.25, 0.3) is 6.08 Å². The smallest absolute Gasteiger partial charge is 0.0798 e. The fourth-order valence-electron chi connectivity index (χ4n) is 0.478. The Morgan fingerprint density at radius 2 is 2.67 bits per heavy atom. The lowest BCUT2D eigenvalue weighted by molar-refractivity contribution is 0.343. The zero-order chi connectivity index (χ0) is 6.53. The number of hydrogen-bond donors (Lipinski definition) is 1. The molecule has 1 rings (SSSR count). The molecule has 1 heterocycles. The highest BCUT2D eigenvalue weighted by Crippen LogP contribution is 2.01. The molecule has 0 bridgehead atoms. The lowest BCUT2D eigenvalue weighted by Crippen LogP contribution is -1.71. The molecule has 0 unspecified atom stereocenters. The van der Waals surface area contributed by atoms with Gasteiger partial charge in [0.2, 0.25) is 0 Å². The molecule has 0 aliphatic heterocycles. The average Bonchev–Trinajstić information content (AvgIpc) is 2.34. The fourth-order valence-corrected chi connectivity index (χ4v) is 1.000. The molecule has 0 radical (unpaired) electrons. The molecule has 1 aromatic rings. The van der Waals surface area contributed by atoms with Gasteiger partial charge in [0.15, 0.2) is 0 Å². The fraction of sp³-hybridized carbons (Fsp3) is 0.167. The first kappa shape index (κ1) is 6.45. The lowest BCUT2D eigenvalue weighted by Gasteiger charge is -1.77. The SMILES string of the molecule is OCC=Cc1cscn1. The Bertz CT molecular complexity index is 181. The predicted octanol–water partition coefficient (Wildman–Crippen LogP) is 1.15. The van der Waals surface area contributed by atoms with Gasteiger partial charge < -0.3 is 5.11 Å². The second-order valence-electron chi connectivity index (χ2n) is 1.50. The van der Waals surface area contributed by atoms with Crippen molar-refractivity contribution in [1.82, 2.24) is 4.98 Å². The van der Waals surface area contributed by atoms with E-state index in [1.807, 2.05) is 5.38 Å². The summed E-state index contributed by atoms with van der Waals surface area (Å²) in [7, 11) is 0. The summed E-state index contributed by atoms with van der Waals surface area (Å²) in [6, 6.07) is 0. The van der Waals surface area contributed by atoms with Gasteiger partial charge in [-0.15, -0.1) is 11.3 Å². The van der Waals surface area contributed by atoms with Gasteiger partial charge in [-0.25, -0.2) is 4.98 Å². The van der Waals surface area contributed by atoms with Crippen molar-refractivity contribution in [3.63, 3.8) is 0 Å². The topological polar surface area (TPSA) is 33.1 Å². The van der Waals surface area contributed by atoms with Gasteiger partial charge in [0.05, 0.1) is 17.8 Å². The second-order valence-corrected chi connectivity index (χ2v) is 2.22. The first-order valence-corrected chi connectivity index (χ1v) is 3.53. The van der Waals surface area contributed by atoms with E-state index in [2.05, 4.69) is 4.98 Å². The van der Waals surface area contributed by atoms with E-state index in [1.165, 1.54) is 0 Å². The van der Waals surface area contributed by atoms with E-state index in [9.17, 15) is 0 Å². The molecule has 0 aromatic carbocycles. The van der Waals surface area contributed by atoms with Crippen LogP contribution in [-0.2, 0) is 0 Å². The first-order chi connectivity index (χ1) is 4.43. The molecule has 9 heavy (non-hydrogen) atoms. The third-order valence-electron chi connectivity index (χ3n) is 0.845. The van der Waals surface area contributed by atoms with Crippen molar-refractivity contribution in [2.75, 3.05) is 6.61 Å². The Morgan fingerprint density at radius 3 is 3.22 bits per heavy atom. The molecule has 0 saturated heterocycles. The average molecular weight is 141 g/mol. The van der Waals surface area contributed by atoms with Gasteiger partial charge in [0.25, 0.3) is 0 Å². The highest BCUT2D eigenvalue weighted by molar-refractivity contribution is 7.07. The van der Waals surface area contributed by atoms with E-state index in [0.717, 1.165) is 5.69 Å². The van der Waals surface area contributed by atoms with Gasteiger partial charge in [-0.1, -0.05) is 6.08 Å². The van der Waals surface area contributed by atoms with Crippen molar-refractivity contribution >= 4 is 17.4 Å². The number of aliphatic hydroxyl groups is 1. The number of hydrogen-bond acceptors (Lipinski definition) is 3. The summed E-state index contributed by atoms with van der Waals surface area (Å²) in [4.78, 5) is 3.97. The van der Waals surface area contributed by atoms with E-state index in [-0.39, 0.29) is 6.61 Å². The van der Waals surface area contributed by atoms with Gasteiger partial charge in [0.1, 0.15) is 0 Å². The molecule has 1 aromatic heterocycles. The number of rotatable bonds is 2. The number of thiazole rings is 1. The molecule has 0 aliphatic carbocycles. The molecule has 1 N–H and O–H groups in total. The minimum atomic E-state index is 0.0809. The third kappa shape index (κ3) is 1.95. The number of aliphatic hydroxyl groups excluding tert-OH is 1. The van der Waals surface area contributed by atoms with Crippen molar-refractivity contribution in [3.05, 3.63) is 22.7 Å².